The zero-order valence-electron chi connectivity index (χ0n) is 9.91. The lowest BCUT2D eigenvalue weighted by Crippen LogP contribution is -2.26. The highest BCUT2D eigenvalue weighted by Gasteiger charge is 2.29. The molecule has 4 heteroatoms. The molecule has 2 rings (SSSR count). The van der Waals surface area contributed by atoms with E-state index in [-0.39, 0.29) is 0 Å². The summed E-state index contributed by atoms with van der Waals surface area (Å²) in [6, 6.07) is 2.55. The summed E-state index contributed by atoms with van der Waals surface area (Å²) in [6.45, 7) is 5.28. The van der Waals surface area contributed by atoms with Crippen LogP contribution in [0.3, 0.4) is 0 Å². The van der Waals surface area contributed by atoms with Gasteiger partial charge in [-0.1, -0.05) is 18.5 Å². The van der Waals surface area contributed by atoms with E-state index < -0.39 is 0 Å². The average molecular weight is 240 g/mol. The summed E-state index contributed by atoms with van der Waals surface area (Å²) in [4.78, 5) is 11.2. The van der Waals surface area contributed by atoms with Crippen molar-refractivity contribution in [3.05, 3.63) is 17.0 Å². The molecule has 0 bridgehead atoms. The number of aromatic nitrogens is 2. The monoisotopic (exact) mass is 239 g/mol. The molecule has 0 N–H and O–H groups in total. The molecule has 0 atom stereocenters. The lowest BCUT2D eigenvalue weighted by atomic mass is 10.3. The Morgan fingerprint density at radius 1 is 1.38 bits per heavy atom. The number of rotatable bonds is 5. The van der Waals surface area contributed by atoms with Gasteiger partial charge in [-0.2, -0.15) is 0 Å². The van der Waals surface area contributed by atoms with Crippen molar-refractivity contribution in [2.45, 2.75) is 45.6 Å². The van der Waals surface area contributed by atoms with Crippen molar-refractivity contribution in [3.63, 3.8) is 0 Å². The van der Waals surface area contributed by atoms with Crippen molar-refractivity contribution in [3.8, 4) is 0 Å². The standard InChI is InChI=1S/C12H18ClN3/c1-3-5-11-14-10(13)8-12(15-11)16(4-2)9-6-7-9/h8-9H,3-7H2,1-2H3. The Kier molecular flexibility index (Phi) is 3.64. The number of halogens is 1. The van der Waals surface area contributed by atoms with Crippen LogP contribution in [0.1, 0.15) is 38.9 Å². The van der Waals surface area contributed by atoms with Crippen molar-refractivity contribution in [2.75, 3.05) is 11.4 Å². The van der Waals surface area contributed by atoms with Crippen molar-refractivity contribution in [1.29, 1.82) is 0 Å². The van der Waals surface area contributed by atoms with Crippen LogP contribution < -0.4 is 4.90 Å². The maximum Gasteiger partial charge on any atom is 0.134 e. The third-order valence-electron chi connectivity index (χ3n) is 2.82. The van der Waals surface area contributed by atoms with E-state index >= 15 is 0 Å². The maximum absolute atomic E-state index is 6.03. The predicted molar refractivity (Wildman–Crippen MR) is 67.1 cm³/mol. The van der Waals surface area contributed by atoms with E-state index in [1.165, 1.54) is 12.8 Å². The maximum atomic E-state index is 6.03. The smallest absolute Gasteiger partial charge is 0.134 e. The minimum absolute atomic E-state index is 0.563. The van der Waals surface area contributed by atoms with Crippen molar-refractivity contribution < 1.29 is 0 Å². The summed E-state index contributed by atoms with van der Waals surface area (Å²) in [7, 11) is 0. The third-order valence-corrected chi connectivity index (χ3v) is 3.02. The molecule has 1 aliphatic carbocycles. The van der Waals surface area contributed by atoms with Crippen LogP contribution >= 0.6 is 11.6 Å². The summed E-state index contributed by atoms with van der Waals surface area (Å²) < 4.78 is 0. The topological polar surface area (TPSA) is 29.0 Å². The summed E-state index contributed by atoms with van der Waals surface area (Å²) in [5.41, 5.74) is 0. The first kappa shape index (κ1) is 11.6. The Balaban J connectivity index is 2.24. The van der Waals surface area contributed by atoms with Gasteiger partial charge in [-0.3, -0.25) is 0 Å². The van der Waals surface area contributed by atoms with E-state index in [0.29, 0.717) is 11.2 Å². The van der Waals surface area contributed by atoms with Gasteiger partial charge in [0.2, 0.25) is 0 Å². The van der Waals surface area contributed by atoms with Gasteiger partial charge in [0, 0.05) is 25.1 Å². The number of hydrogen-bond acceptors (Lipinski definition) is 3. The third kappa shape index (κ3) is 2.64. The van der Waals surface area contributed by atoms with Crippen LogP contribution in [0.4, 0.5) is 5.82 Å². The van der Waals surface area contributed by atoms with Gasteiger partial charge in [0.15, 0.2) is 0 Å². The van der Waals surface area contributed by atoms with Gasteiger partial charge in [-0.15, -0.1) is 0 Å². The zero-order valence-corrected chi connectivity index (χ0v) is 10.7. The highest BCUT2D eigenvalue weighted by molar-refractivity contribution is 6.29. The SMILES string of the molecule is CCCc1nc(Cl)cc(N(CC)C2CC2)n1. The fourth-order valence-electron chi connectivity index (χ4n) is 1.93. The number of aryl methyl sites for hydroxylation is 1. The summed E-state index contributed by atoms with van der Waals surface area (Å²) in [6.07, 6.45) is 4.50. The van der Waals surface area contributed by atoms with E-state index in [2.05, 4.69) is 28.7 Å². The van der Waals surface area contributed by atoms with Crippen LogP contribution in [0.15, 0.2) is 6.07 Å². The number of anilines is 1. The first-order valence-corrected chi connectivity index (χ1v) is 6.42. The fraction of sp³-hybridized carbons (Fsp3) is 0.667. The van der Waals surface area contributed by atoms with Crippen molar-refractivity contribution in [1.82, 2.24) is 9.97 Å². The molecule has 1 saturated carbocycles. The summed E-state index contributed by atoms with van der Waals surface area (Å²) in [5, 5.41) is 0.563. The molecule has 88 valence electrons. The van der Waals surface area contributed by atoms with Crippen LogP contribution in [0, 0.1) is 0 Å². The highest BCUT2D eigenvalue weighted by atomic mass is 35.5. The molecule has 0 amide bonds. The van der Waals surface area contributed by atoms with Crippen LogP contribution in [0.2, 0.25) is 5.15 Å². The Bertz CT molecular complexity index is 363. The van der Waals surface area contributed by atoms with E-state index in [9.17, 15) is 0 Å². The molecule has 1 aliphatic rings. The van der Waals surface area contributed by atoms with Gasteiger partial charge in [-0.05, 0) is 26.2 Å². The second-order valence-electron chi connectivity index (χ2n) is 4.23. The second-order valence-corrected chi connectivity index (χ2v) is 4.62. The lowest BCUT2D eigenvalue weighted by molar-refractivity contribution is 0.777. The summed E-state index contributed by atoms with van der Waals surface area (Å²) >= 11 is 6.03. The van der Waals surface area contributed by atoms with Crippen LogP contribution in [0.25, 0.3) is 0 Å². The predicted octanol–water partition coefficient (Wildman–Crippen LogP) is 3.07. The zero-order chi connectivity index (χ0) is 11.5. The minimum Gasteiger partial charge on any atom is -0.354 e. The molecule has 1 heterocycles. The van der Waals surface area contributed by atoms with Gasteiger partial charge < -0.3 is 4.90 Å². The Hall–Kier alpha value is -0.830. The van der Waals surface area contributed by atoms with E-state index in [1.807, 2.05) is 6.07 Å². The molecule has 16 heavy (non-hydrogen) atoms. The van der Waals surface area contributed by atoms with E-state index in [4.69, 9.17) is 11.6 Å². The average Bonchev–Trinajstić information content (AvgIpc) is 3.03. The van der Waals surface area contributed by atoms with Gasteiger partial charge in [0.25, 0.3) is 0 Å². The van der Waals surface area contributed by atoms with Gasteiger partial charge in [0.05, 0.1) is 0 Å². The van der Waals surface area contributed by atoms with Gasteiger partial charge in [0.1, 0.15) is 16.8 Å². The normalized spacial score (nSPS) is 15.2. The van der Waals surface area contributed by atoms with Gasteiger partial charge >= 0.3 is 0 Å². The molecule has 3 nitrogen and oxygen atoms in total. The molecule has 0 radical (unpaired) electrons. The molecule has 0 unspecified atom stereocenters. The van der Waals surface area contributed by atoms with E-state index in [0.717, 1.165) is 31.0 Å². The lowest BCUT2D eigenvalue weighted by Gasteiger charge is -2.21. The first-order chi connectivity index (χ1) is 7.74. The Morgan fingerprint density at radius 3 is 2.69 bits per heavy atom. The molecule has 1 fully saturated rings. The Morgan fingerprint density at radius 2 is 2.12 bits per heavy atom. The van der Waals surface area contributed by atoms with Crippen LogP contribution in [0.5, 0.6) is 0 Å². The number of hydrogen-bond donors (Lipinski definition) is 0. The van der Waals surface area contributed by atoms with Crippen LogP contribution in [-0.2, 0) is 6.42 Å². The molecular weight excluding hydrogens is 222 g/mol. The quantitative estimate of drug-likeness (QED) is 0.740. The molecule has 1 aromatic heterocycles. The molecule has 0 aliphatic heterocycles. The van der Waals surface area contributed by atoms with Crippen LogP contribution in [-0.4, -0.2) is 22.6 Å². The molecule has 0 aromatic carbocycles. The van der Waals surface area contributed by atoms with Crippen molar-refractivity contribution in [2.24, 2.45) is 0 Å². The van der Waals surface area contributed by atoms with E-state index in [1.54, 1.807) is 0 Å². The molecule has 0 spiro atoms. The molecule has 0 saturated heterocycles. The fourth-order valence-corrected chi connectivity index (χ4v) is 2.12. The summed E-state index contributed by atoms with van der Waals surface area (Å²) in [5.74, 6) is 1.86. The first-order valence-electron chi connectivity index (χ1n) is 6.04. The Labute approximate surface area is 102 Å². The van der Waals surface area contributed by atoms with Gasteiger partial charge in [-0.25, -0.2) is 9.97 Å². The minimum atomic E-state index is 0.563. The highest BCUT2D eigenvalue weighted by Crippen LogP contribution is 2.31. The van der Waals surface area contributed by atoms with Crippen molar-refractivity contribution >= 4 is 17.4 Å². The largest absolute Gasteiger partial charge is 0.354 e. The molecular formula is C12H18ClN3. The number of nitrogens with zero attached hydrogens (tertiary/aromatic N) is 3. The second kappa shape index (κ2) is 5.00. The molecule has 1 aromatic rings.